The first-order valence-corrected chi connectivity index (χ1v) is 6.86. The van der Waals surface area contributed by atoms with Crippen LogP contribution in [0.3, 0.4) is 0 Å². The highest BCUT2D eigenvalue weighted by Crippen LogP contribution is 2.35. The smallest absolute Gasteiger partial charge is 0.311 e. The predicted molar refractivity (Wildman–Crippen MR) is 69.9 cm³/mol. The van der Waals surface area contributed by atoms with Crippen molar-refractivity contribution in [1.82, 2.24) is 4.98 Å². The summed E-state index contributed by atoms with van der Waals surface area (Å²) >= 11 is 1.50. The molecule has 1 aliphatic carbocycles. The maximum absolute atomic E-state index is 11.1. The number of aromatic nitrogens is 1. The molecular weight excluding hydrogens is 252 g/mol. The van der Waals surface area contributed by atoms with Crippen LogP contribution >= 0.6 is 11.3 Å². The first-order chi connectivity index (χ1) is 8.67. The van der Waals surface area contributed by atoms with Crippen molar-refractivity contribution in [2.24, 2.45) is 0 Å². The van der Waals surface area contributed by atoms with Crippen LogP contribution in [0.4, 0.5) is 5.13 Å². The van der Waals surface area contributed by atoms with E-state index < -0.39 is 0 Å². The molecule has 1 saturated carbocycles. The van der Waals surface area contributed by atoms with E-state index >= 15 is 0 Å². The van der Waals surface area contributed by atoms with Crippen LogP contribution in [-0.4, -0.2) is 37.3 Å². The molecule has 0 spiro atoms. The Morgan fingerprint density at radius 2 is 2.33 bits per heavy atom. The Bertz CT molecular complexity index is 410. The van der Waals surface area contributed by atoms with Crippen LogP contribution in [0, 0.1) is 0 Å². The van der Waals surface area contributed by atoms with E-state index in [1.165, 1.54) is 24.9 Å². The molecule has 0 radical (unpaired) electrons. The van der Waals surface area contributed by atoms with Gasteiger partial charge in [-0.3, -0.25) is 4.79 Å². The van der Waals surface area contributed by atoms with Crippen LogP contribution in [0.5, 0.6) is 0 Å². The van der Waals surface area contributed by atoms with E-state index in [0.717, 1.165) is 30.2 Å². The van der Waals surface area contributed by atoms with Crippen LogP contribution < -0.4 is 5.32 Å². The lowest BCUT2D eigenvalue weighted by Crippen LogP contribution is -2.45. The molecule has 0 unspecified atom stereocenters. The molecule has 5 nitrogen and oxygen atoms in total. The average Bonchev–Trinajstić information content (AvgIpc) is 2.76. The Balaban J connectivity index is 1.85. The highest BCUT2D eigenvalue weighted by Gasteiger charge is 2.36. The van der Waals surface area contributed by atoms with Gasteiger partial charge in [-0.15, -0.1) is 11.3 Å². The predicted octanol–water partition coefficient (Wildman–Crippen LogP) is 1.84. The molecule has 1 aromatic rings. The lowest BCUT2D eigenvalue weighted by molar-refractivity contribution is -0.139. The molecule has 0 aliphatic heterocycles. The minimum Gasteiger partial charge on any atom is -0.469 e. The molecule has 0 aromatic carbocycles. The SMILES string of the molecule is COC(=O)Cc1csc(NCC2(OC)CCC2)n1. The van der Waals surface area contributed by atoms with Crippen molar-refractivity contribution in [3.63, 3.8) is 0 Å². The third kappa shape index (κ3) is 3.00. The normalized spacial score (nSPS) is 17.0. The van der Waals surface area contributed by atoms with Crippen LogP contribution in [0.15, 0.2) is 5.38 Å². The second-order valence-electron chi connectivity index (χ2n) is 4.49. The van der Waals surface area contributed by atoms with Gasteiger partial charge in [-0.05, 0) is 19.3 Å². The summed E-state index contributed by atoms with van der Waals surface area (Å²) in [4.78, 5) is 15.5. The highest BCUT2D eigenvalue weighted by atomic mass is 32.1. The van der Waals surface area contributed by atoms with E-state index in [-0.39, 0.29) is 18.0 Å². The second-order valence-corrected chi connectivity index (χ2v) is 5.35. The van der Waals surface area contributed by atoms with Gasteiger partial charge in [0.25, 0.3) is 0 Å². The number of methoxy groups -OCH3 is 2. The van der Waals surface area contributed by atoms with Gasteiger partial charge in [0.05, 0.1) is 24.8 Å². The quantitative estimate of drug-likeness (QED) is 0.799. The zero-order chi connectivity index (χ0) is 13.0. The number of ether oxygens (including phenoxy) is 2. The number of esters is 1. The van der Waals surface area contributed by atoms with Gasteiger partial charge in [0, 0.05) is 19.0 Å². The van der Waals surface area contributed by atoms with Crippen LogP contribution in [0.2, 0.25) is 0 Å². The van der Waals surface area contributed by atoms with Gasteiger partial charge >= 0.3 is 5.97 Å². The lowest BCUT2D eigenvalue weighted by Gasteiger charge is -2.40. The number of anilines is 1. The molecule has 1 aliphatic rings. The summed E-state index contributed by atoms with van der Waals surface area (Å²) < 4.78 is 10.1. The highest BCUT2D eigenvalue weighted by molar-refractivity contribution is 7.13. The second kappa shape index (κ2) is 5.67. The van der Waals surface area contributed by atoms with Crippen molar-refractivity contribution < 1.29 is 14.3 Å². The first-order valence-electron chi connectivity index (χ1n) is 5.98. The Morgan fingerprint density at radius 3 is 2.89 bits per heavy atom. The fraction of sp³-hybridized carbons (Fsp3) is 0.667. The largest absolute Gasteiger partial charge is 0.469 e. The van der Waals surface area contributed by atoms with Gasteiger partial charge in [-0.25, -0.2) is 4.98 Å². The molecule has 1 heterocycles. The Kier molecular flexibility index (Phi) is 4.19. The maximum atomic E-state index is 11.1. The Hall–Kier alpha value is -1.14. The molecule has 1 fully saturated rings. The topological polar surface area (TPSA) is 60.5 Å². The van der Waals surface area contributed by atoms with Crippen molar-refractivity contribution in [3.05, 3.63) is 11.1 Å². The molecule has 1 N–H and O–H groups in total. The van der Waals surface area contributed by atoms with Crippen molar-refractivity contribution in [3.8, 4) is 0 Å². The average molecular weight is 270 g/mol. The third-order valence-corrected chi connectivity index (χ3v) is 4.21. The van der Waals surface area contributed by atoms with E-state index in [1.54, 1.807) is 7.11 Å². The molecule has 0 bridgehead atoms. The monoisotopic (exact) mass is 270 g/mol. The summed E-state index contributed by atoms with van der Waals surface area (Å²) in [7, 11) is 3.14. The molecule has 0 saturated heterocycles. The fourth-order valence-corrected chi connectivity index (χ4v) is 2.66. The van der Waals surface area contributed by atoms with E-state index in [1.807, 2.05) is 5.38 Å². The van der Waals surface area contributed by atoms with Crippen molar-refractivity contribution in [1.29, 1.82) is 0 Å². The third-order valence-electron chi connectivity index (χ3n) is 3.36. The molecule has 0 amide bonds. The molecular formula is C12H18N2O3S. The van der Waals surface area contributed by atoms with Crippen molar-refractivity contribution in [2.45, 2.75) is 31.3 Å². The number of hydrogen-bond donors (Lipinski definition) is 1. The molecule has 2 rings (SSSR count). The molecule has 100 valence electrons. The van der Waals surface area contributed by atoms with Gasteiger partial charge in [-0.2, -0.15) is 0 Å². The van der Waals surface area contributed by atoms with Crippen LogP contribution in [0.25, 0.3) is 0 Å². The number of hydrogen-bond acceptors (Lipinski definition) is 6. The summed E-state index contributed by atoms with van der Waals surface area (Å²) in [5.74, 6) is -0.265. The number of rotatable bonds is 6. The van der Waals surface area contributed by atoms with Crippen LogP contribution in [-0.2, 0) is 20.7 Å². The molecule has 18 heavy (non-hydrogen) atoms. The Morgan fingerprint density at radius 1 is 1.56 bits per heavy atom. The van der Waals surface area contributed by atoms with E-state index in [0.29, 0.717) is 0 Å². The van der Waals surface area contributed by atoms with Gasteiger partial charge in [-0.1, -0.05) is 0 Å². The summed E-state index contributed by atoms with van der Waals surface area (Å²) in [5, 5.41) is 5.99. The van der Waals surface area contributed by atoms with E-state index in [9.17, 15) is 4.79 Å². The molecule has 1 aromatic heterocycles. The minimum absolute atomic E-state index is 0.0197. The zero-order valence-electron chi connectivity index (χ0n) is 10.7. The number of carbonyl (C=O) groups is 1. The number of carbonyl (C=O) groups excluding carboxylic acids is 1. The molecule has 6 heteroatoms. The van der Waals surface area contributed by atoms with E-state index in [2.05, 4.69) is 15.0 Å². The van der Waals surface area contributed by atoms with E-state index in [4.69, 9.17) is 4.74 Å². The zero-order valence-corrected chi connectivity index (χ0v) is 11.5. The molecule has 0 atom stereocenters. The number of nitrogens with zero attached hydrogens (tertiary/aromatic N) is 1. The van der Waals surface area contributed by atoms with Gasteiger partial charge in [0.1, 0.15) is 0 Å². The van der Waals surface area contributed by atoms with Crippen molar-refractivity contribution in [2.75, 3.05) is 26.1 Å². The van der Waals surface area contributed by atoms with Gasteiger partial charge < -0.3 is 14.8 Å². The lowest BCUT2D eigenvalue weighted by atomic mass is 9.80. The number of nitrogens with one attached hydrogen (secondary N) is 1. The standard InChI is InChI=1S/C12H18N2O3S/c1-16-10(15)6-9-7-18-11(14-9)13-8-12(17-2)4-3-5-12/h7H,3-6,8H2,1-2H3,(H,13,14). The fourth-order valence-electron chi connectivity index (χ4n) is 1.95. The number of thiazole rings is 1. The van der Waals surface area contributed by atoms with Gasteiger partial charge in [0.2, 0.25) is 0 Å². The summed E-state index contributed by atoms with van der Waals surface area (Å²) in [5.41, 5.74) is 0.725. The Labute approximate surface area is 111 Å². The summed E-state index contributed by atoms with van der Waals surface area (Å²) in [6.45, 7) is 0.772. The minimum atomic E-state index is -0.265. The summed E-state index contributed by atoms with van der Waals surface area (Å²) in [6, 6.07) is 0. The summed E-state index contributed by atoms with van der Waals surface area (Å²) in [6.07, 6.45) is 3.64. The van der Waals surface area contributed by atoms with Crippen LogP contribution in [0.1, 0.15) is 25.0 Å². The van der Waals surface area contributed by atoms with Gasteiger partial charge in [0.15, 0.2) is 5.13 Å². The first kappa shape index (κ1) is 13.3. The van der Waals surface area contributed by atoms with Crippen molar-refractivity contribution >= 4 is 22.4 Å². The maximum Gasteiger partial charge on any atom is 0.311 e.